The van der Waals surface area contributed by atoms with Crippen LogP contribution in [0.15, 0.2) is 23.2 Å². The highest BCUT2D eigenvalue weighted by Gasteiger charge is 2.38. The van der Waals surface area contributed by atoms with Crippen LogP contribution < -0.4 is 10.6 Å². The molecule has 3 atom stereocenters. The molecule has 0 radical (unpaired) electrons. The van der Waals surface area contributed by atoms with Gasteiger partial charge in [-0.1, -0.05) is 34.1 Å². The van der Waals surface area contributed by atoms with Gasteiger partial charge >= 0.3 is 0 Å². The third-order valence-corrected chi connectivity index (χ3v) is 6.83. The van der Waals surface area contributed by atoms with E-state index in [-0.39, 0.29) is 11.8 Å². The van der Waals surface area contributed by atoms with E-state index in [0.29, 0.717) is 48.7 Å². The van der Waals surface area contributed by atoms with E-state index in [1.165, 1.54) is 11.3 Å². The summed E-state index contributed by atoms with van der Waals surface area (Å²) in [6.45, 7) is 7.52. The Kier molecular flexibility index (Phi) is 10.4. The Morgan fingerprint density at radius 3 is 2.39 bits per heavy atom. The minimum atomic E-state index is -0.832. The van der Waals surface area contributed by atoms with E-state index in [1.54, 1.807) is 29.1 Å². The highest BCUT2D eigenvalue weighted by Crippen LogP contribution is 2.26. The van der Waals surface area contributed by atoms with Gasteiger partial charge in [0.2, 0.25) is 18.2 Å². The van der Waals surface area contributed by atoms with Crippen LogP contribution in [0.1, 0.15) is 58.4 Å². The summed E-state index contributed by atoms with van der Waals surface area (Å²) in [5.41, 5.74) is -0.577. The van der Waals surface area contributed by atoms with E-state index in [4.69, 9.17) is 0 Å². The number of carbonyl (C=O) groups is 3. The summed E-state index contributed by atoms with van der Waals surface area (Å²) in [4.78, 5) is 46.1. The largest absolute Gasteiger partial charge is 0.343 e. The second-order valence-electron chi connectivity index (χ2n) is 8.90. The van der Waals surface area contributed by atoms with E-state index in [2.05, 4.69) is 20.6 Å². The van der Waals surface area contributed by atoms with Crippen LogP contribution in [0, 0.1) is 11.3 Å². The minimum absolute atomic E-state index is 0.331. The Bertz CT molecular complexity index is 868. The van der Waals surface area contributed by atoms with Crippen molar-refractivity contribution in [2.75, 3.05) is 5.32 Å². The fourth-order valence-electron chi connectivity index (χ4n) is 3.63. The van der Waals surface area contributed by atoms with Gasteiger partial charge in [0.05, 0.1) is 17.0 Å². The van der Waals surface area contributed by atoms with Gasteiger partial charge in [-0.15, -0.1) is 22.7 Å². The number of hydrogen-bond acceptors (Lipinski definition) is 8. The third-order valence-electron chi connectivity index (χ3n) is 5.30. The molecule has 0 aromatic carbocycles. The van der Waals surface area contributed by atoms with E-state index in [1.807, 2.05) is 33.1 Å². The summed E-state index contributed by atoms with van der Waals surface area (Å²) in [6, 6.07) is -1.52. The second kappa shape index (κ2) is 12.8. The average Bonchev–Trinajstić information content (AvgIpc) is 3.46. The van der Waals surface area contributed by atoms with E-state index >= 15 is 0 Å². The Morgan fingerprint density at radius 1 is 1.15 bits per heavy atom. The number of aromatic nitrogens is 2. The second-order valence-corrected chi connectivity index (χ2v) is 10.8. The number of carbonyl (C=O) groups excluding carboxylic acids is 3. The van der Waals surface area contributed by atoms with Gasteiger partial charge < -0.3 is 10.6 Å². The summed E-state index contributed by atoms with van der Waals surface area (Å²) in [6.07, 6.45) is 6.58. The van der Waals surface area contributed by atoms with Crippen LogP contribution in [0.4, 0.5) is 5.13 Å². The molecule has 2 aromatic heterocycles. The average molecular weight is 496 g/mol. The lowest BCUT2D eigenvalue weighted by atomic mass is 9.84. The molecule has 2 heterocycles. The molecule has 9 nitrogen and oxygen atoms in total. The first kappa shape index (κ1) is 26.9. The van der Waals surface area contributed by atoms with E-state index in [9.17, 15) is 19.6 Å². The van der Waals surface area contributed by atoms with Crippen molar-refractivity contribution >= 4 is 46.0 Å². The van der Waals surface area contributed by atoms with Crippen LogP contribution in [0.2, 0.25) is 0 Å². The first-order chi connectivity index (χ1) is 15.7. The van der Waals surface area contributed by atoms with Crippen molar-refractivity contribution in [3.05, 3.63) is 28.2 Å². The zero-order chi connectivity index (χ0) is 24.4. The summed E-state index contributed by atoms with van der Waals surface area (Å²) >= 11 is 2.84. The number of rotatable bonds is 13. The molecule has 0 saturated heterocycles. The molecular formula is C22H33N5O4S2. The predicted octanol–water partition coefficient (Wildman–Crippen LogP) is 3.72. The SMILES string of the molecule is CCC[C@@H]([C@@H](CCCc1nccs1)C(=O)N[C@H](C(=O)Nc1nccs1)C(C)(C)C)N(O)C=O. The monoisotopic (exact) mass is 495 g/mol. The first-order valence-electron chi connectivity index (χ1n) is 11.0. The first-order valence-corrected chi connectivity index (χ1v) is 12.7. The fraction of sp³-hybridized carbons (Fsp3) is 0.591. The van der Waals surface area contributed by atoms with Gasteiger partial charge in [0, 0.05) is 23.2 Å². The predicted molar refractivity (Wildman–Crippen MR) is 129 cm³/mol. The number of nitrogens with one attached hydrogen (secondary N) is 2. The summed E-state index contributed by atoms with van der Waals surface area (Å²) in [5.74, 6) is -1.42. The van der Waals surface area contributed by atoms with Crippen LogP contribution in [0.5, 0.6) is 0 Å². The molecule has 182 valence electrons. The van der Waals surface area contributed by atoms with Crippen molar-refractivity contribution in [2.24, 2.45) is 11.3 Å². The molecule has 33 heavy (non-hydrogen) atoms. The van der Waals surface area contributed by atoms with Gasteiger partial charge in [-0.05, 0) is 31.1 Å². The number of amides is 3. The molecule has 3 amide bonds. The van der Waals surface area contributed by atoms with Crippen molar-refractivity contribution in [1.82, 2.24) is 20.3 Å². The van der Waals surface area contributed by atoms with Gasteiger partial charge in [-0.2, -0.15) is 0 Å². The van der Waals surface area contributed by atoms with Crippen molar-refractivity contribution in [3.63, 3.8) is 0 Å². The van der Waals surface area contributed by atoms with Crippen LogP contribution in [0.3, 0.4) is 0 Å². The minimum Gasteiger partial charge on any atom is -0.343 e. The Morgan fingerprint density at radius 2 is 1.85 bits per heavy atom. The summed E-state index contributed by atoms with van der Waals surface area (Å²) in [5, 5.41) is 21.5. The van der Waals surface area contributed by atoms with Crippen molar-refractivity contribution < 1.29 is 19.6 Å². The Hall–Kier alpha value is -2.37. The quantitative estimate of drug-likeness (QED) is 0.221. The van der Waals surface area contributed by atoms with Crippen LogP contribution in [-0.4, -0.2) is 50.5 Å². The highest BCUT2D eigenvalue weighted by atomic mass is 32.1. The Balaban J connectivity index is 2.20. The topological polar surface area (TPSA) is 125 Å². The molecule has 11 heteroatoms. The maximum absolute atomic E-state index is 13.5. The van der Waals surface area contributed by atoms with Crippen molar-refractivity contribution in [3.8, 4) is 0 Å². The highest BCUT2D eigenvalue weighted by molar-refractivity contribution is 7.13. The molecular weight excluding hydrogens is 462 g/mol. The van der Waals surface area contributed by atoms with Gasteiger partial charge in [0.1, 0.15) is 6.04 Å². The number of hydroxylamine groups is 2. The van der Waals surface area contributed by atoms with Gasteiger partial charge in [-0.25, -0.2) is 15.0 Å². The number of thiazole rings is 2. The molecule has 0 unspecified atom stereocenters. The zero-order valence-corrected chi connectivity index (χ0v) is 21.1. The molecule has 0 aliphatic carbocycles. The molecule has 3 N–H and O–H groups in total. The lowest BCUT2D eigenvalue weighted by Gasteiger charge is -2.34. The number of aryl methyl sites for hydroxylation is 1. The van der Waals surface area contributed by atoms with Crippen LogP contribution in [0.25, 0.3) is 0 Å². The van der Waals surface area contributed by atoms with Gasteiger partial charge in [-0.3, -0.25) is 19.6 Å². The normalized spacial score (nSPS) is 14.2. The molecule has 0 aliphatic heterocycles. The van der Waals surface area contributed by atoms with Gasteiger partial charge in [0.25, 0.3) is 0 Å². The number of anilines is 1. The smallest absolute Gasteiger partial charge is 0.249 e. The summed E-state index contributed by atoms with van der Waals surface area (Å²) < 4.78 is 0. The van der Waals surface area contributed by atoms with Crippen molar-refractivity contribution in [2.45, 2.75) is 71.9 Å². The maximum Gasteiger partial charge on any atom is 0.249 e. The third kappa shape index (κ3) is 8.17. The van der Waals surface area contributed by atoms with Crippen molar-refractivity contribution in [1.29, 1.82) is 0 Å². The fourth-order valence-corrected chi connectivity index (χ4v) is 4.82. The molecule has 0 aliphatic rings. The maximum atomic E-state index is 13.5. The molecule has 0 bridgehead atoms. The molecule has 2 rings (SSSR count). The molecule has 0 fully saturated rings. The zero-order valence-electron chi connectivity index (χ0n) is 19.5. The lowest BCUT2D eigenvalue weighted by molar-refractivity contribution is -0.169. The Labute approximate surface area is 202 Å². The molecule has 0 spiro atoms. The standard InChI is InChI=1S/C22H33N5O4S2/c1-5-7-16(27(31)14-28)15(8-6-9-17-23-10-12-32-17)19(29)25-18(22(2,3)4)20(30)26-21-24-11-13-33-21/h10-16,18,31H,5-9H2,1-4H3,(H,25,29)(H,24,26,30)/t15-,16+,18-/m1/s1. The molecule has 0 saturated carbocycles. The van der Waals surface area contributed by atoms with Crippen LogP contribution in [-0.2, 0) is 20.8 Å². The van der Waals surface area contributed by atoms with E-state index in [0.717, 1.165) is 5.01 Å². The number of nitrogens with zero attached hydrogens (tertiary/aromatic N) is 3. The summed E-state index contributed by atoms with van der Waals surface area (Å²) in [7, 11) is 0. The lowest BCUT2D eigenvalue weighted by Crippen LogP contribution is -2.55. The van der Waals surface area contributed by atoms with Gasteiger partial charge in [0.15, 0.2) is 5.13 Å². The van der Waals surface area contributed by atoms with Crippen LogP contribution >= 0.6 is 22.7 Å². The molecule has 2 aromatic rings. The van der Waals surface area contributed by atoms with E-state index < -0.39 is 23.4 Å². The number of hydrogen-bond donors (Lipinski definition) is 3.